The van der Waals surface area contributed by atoms with Gasteiger partial charge in [-0.2, -0.15) is 0 Å². The van der Waals surface area contributed by atoms with Gasteiger partial charge in [-0.15, -0.1) is 0 Å². The van der Waals surface area contributed by atoms with Crippen molar-refractivity contribution in [2.45, 2.75) is 0 Å². The minimum absolute atomic E-state index is 0.0931. The van der Waals surface area contributed by atoms with E-state index in [0.29, 0.717) is 11.4 Å². The summed E-state index contributed by atoms with van der Waals surface area (Å²) in [5.41, 5.74) is 27.0. The van der Waals surface area contributed by atoms with Gasteiger partial charge in [0.15, 0.2) is 0 Å². The molecule has 4 aromatic heterocycles. The van der Waals surface area contributed by atoms with Gasteiger partial charge < -0.3 is 32.8 Å². The summed E-state index contributed by atoms with van der Waals surface area (Å²) in [5.74, 6) is 0. The van der Waals surface area contributed by atoms with Crippen molar-refractivity contribution in [1.82, 2.24) is 13.7 Å². The van der Waals surface area contributed by atoms with E-state index in [9.17, 15) is 0 Å². The Balaban J connectivity index is 0.000000110. The molecule has 0 bridgehead atoms. The van der Waals surface area contributed by atoms with Crippen molar-refractivity contribution in [1.29, 1.82) is 0 Å². The van der Waals surface area contributed by atoms with Crippen LogP contribution in [-0.2, 0) is 0 Å². The number of hydrogen-bond acceptors (Lipinski definition) is 4. The highest BCUT2D eigenvalue weighted by Crippen LogP contribution is 2.49. The van der Waals surface area contributed by atoms with E-state index >= 15 is 0 Å². The molecule has 0 atom stereocenters. The van der Waals surface area contributed by atoms with Crippen LogP contribution in [-0.4, -0.2) is 13.7 Å². The molecule has 30 rings (SSSR count). The number of fused-ring (bicyclic) bond motifs is 22. The first-order valence-corrected chi connectivity index (χ1v) is 50.6. The predicted octanol–water partition coefficient (Wildman–Crippen LogP) is 39.7. The van der Waals surface area contributed by atoms with Crippen molar-refractivity contribution in [2.75, 3.05) is 14.7 Å². The Morgan fingerprint density at radius 1 is 0.168 bits per heavy atom. The van der Waals surface area contributed by atoms with Crippen molar-refractivity contribution < 1.29 is 11.3 Å². The van der Waals surface area contributed by atoms with E-state index in [0.717, 1.165) is 101 Å². The van der Waals surface area contributed by atoms with Crippen molar-refractivity contribution >= 4 is 214 Å². The summed E-state index contributed by atoms with van der Waals surface area (Å²) < 4.78 is 56.3. The van der Waals surface area contributed by atoms with E-state index in [4.69, 9.17) is 11.3 Å². The number of hydrogen-bond donors (Lipinski definition) is 0. The summed E-state index contributed by atoms with van der Waals surface area (Å²) in [5, 5.41) is 26.9. The molecular weight excluding hydrogens is 1810 g/mol. The Bertz CT molecular complexity index is 10800. The zero-order valence-electron chi connectivity index (χ0n) is 86.0. The molecule has 0 unspecified atom stereocenters. The molecule has 0 aliphatic carbocycles. The zero-order valence-corrected chi connectivity index (χ0v) is 81.0. The quantitative estimate of drug-likeness (QED) is 0.103. The van der Waals surface area contributed by atoms with Gasteiger partial charge in [-0.05, 0) is 310 Å². The molecule has 7 heteroatoms. The molecule has 0 amide bonds. The van der Waals surface area contributed by atoms with Crippen LogP contribution in [0.1, 0.15) is 6.85 Å². The van der Waals surface area contributed by atoms with E-state index in [1.54, 1.807) is 4.90 Å². The molecule has 0 N–H and O–H groups in total. The SMILES string of the molecule is [2H]c1c([2H])c([2H])c(N(c2ccc(-c3ccc4ccccc4c3)cc2)c2ccc(-n3c4ccccc4c4c5ccccc5ccc43)cc2)c([2H])c1[2H].c1ccc(N(c2ccc(-n3c4ccccc4c4c5ccccc5ccc43)cc2)c2ccc(-c3ccc4ccccc4c3)c3ccccc23)cc1.c1ccc2cc(-c3ccc(N(c4ccc(-n5c6ccccc6c6c7ccccc7ccc65)cc4)c4ccc5oc6ccccc6c5c4)cc3)ccc2c1. The maximum atomic E-state index is 8.90. The minimum Gasteiger partial charge on any atom is -0.456 e. The number of para-hydroxylation sites is 6. The first-order chi connectivity index (χ1) is 76.0. The summed E-state index contributed by atoms with van der Waals surface area (Å²) in [6, 6.07) is 190. The number of rotatable bonds is 15. The average Bonchev–Trinajstić information content (AvgIpc) is 1.53. The van der Waals surface area contributed by atoms with Gasteiger partial charge in [0.1, 0.15) is 11.2 Å². The summed E-state index contributed by atoms with van der Waals surface area (Å²) in [6.07, 6.45) is 0. The van der Waals surface area contributed by atoms with E-state index in [1.165, 1.54) is 147 Å². The maximum Gasteiger partial charge on any atom is 0.135 e. The van der Waals surface area contributed by atoms with Crippen molar-refractivity contribution in [3.63, 3.8) is 0 Å². The fourth-order valence-corrected chi connectivity index (χ4v) is 22.8. The smallest absolute Gasteiger partial charge is 0.135 e. The van der Waals surface area contributed by atoms with Crippen LogP contribution in [0.4, 0.5) is 51.2 Å². The minimum atomic E-state index is -0.422. The van der Waals surface area contributed by atoms with Crippen LogP contribution < -0.4 is 14.7 Å². The van der Waals surface area contributed by atoms with Gasteiger partial charge in [-0.1, -0.05) is 364 Å². The third kappa shape index (κ3) is 15.5. The topological polar surface area (TPSA) is 37.6 Å². The lowest BCUT2D eigenvalue weighted by atomic mass is 9.95. The molecule has 0 aliphatic rings. The van der Waals surface area contributed by atoms with Crippen LogP contribution in [0.25, 0.3) is 213 Å². The summed E-state index contributed by atoms with van der Waals surface area (Å²) in [6.45, 7) is 0. The third-order valence-corrected chi connectivity index (χ3v) is 29.7. The fraction of sp³-hybridized carbons (Fsp3) is 0. The maximum absolute atomic E-state index is 8.90. The molecule has 0 aliphatic heterocycles. The number of nitrogens with zero attached hydrogens (tertiary/aromatic N) is 6. The monoisotopic (exact) mass is 1900 g/mol. The van der Waals surface area contributed by atoms with Gasteiger partial charge in [0.2, 0.25) is 0 Å². The van der Waals surface area contributed by atoms with Crippen LogP contribution in [0.2, 0.25) is 0 Å². The molecule has 0 fully saturated rings. The van der Waals surface area contributed by atoms with Gasteiger partial charge >= 0.3 is 0 Å². The van der Waals surface area contributed by atoms with Crippen molar-refractivity contribution in [3.8, 4) is 50.4 Å². The van der Waals surface area contributed by atoms with Gasteiger partial charge in [-0.3, -0.25) is 0 Å². The van der Waals surface area contributed by atoms with Gasteiger partial charge in [0, 0.05) is 111 Å². The molecule has 0 radical (unpaired) electrons. The standard InChI is InChI=1S/C50H32N2O.C48H32N2.C44H30N2/c1-2-11-36-31-37(18-17-33(36)9-1)34-19-22-38(23-20-34)51(41-28-30-49-45(32-41)43-13-6-8-16-48(43)53-49)39-24-26-40(27-25-39)52-46-15-7-5-14-44(46)50-42-12-4-3-10-35(42)21-29-47(50)52;1-2-15-37(16-3-1)49(46-31-29-40(42-18-8-9-19-43(42)46)36-23-22-33-12-4-5-14-35(33)32-36)38-25-27-39(28-26-38)50-45-21-11-10-20-44(45)48-41-17-7-6-13-34(41)24-30-47(48)50;1-2-13-36(14-3-1)45(37-23-20-32(21-24-37)35-19-18-31-10-4-5-12-34(31)30-35)38-25-27-39(28-26-38)46-42-17-9-8-16-41(42)44-40-15-7-6-11-33(40)22-29-43(44)46/h1-32H;1-32H;1-30H/i;;1D,2D,3D,13D,14D. The lowest BCUT2D eigenvalue weighted by molar-refractivity contribution is 0.669. The first kappa shape index (κ1) is 81.7. The summed E-state index contributed by atoms with van der Waals surface area (Å²) in [7, 11) is 0. The second-order valence-corrected chi connectivity index (χ2v) is 38.2. The molecule has 0 spiro atoms. The third-order valence-electron chi connectivity index (χ3n) is 29.7. The van der Waals surface area contributed by atoms with Gasteiger partial charge in [0.25, 0.3) is 0 Å². The molecule has 0 saturated carbocycles. The second-order valence-electron chi connectivity index (χ2n) is 38.2. The number of furan rings is 1. The Labute approximate surface area is 868 Å². The molecule has 30 aromatic rings. The van der Waals surface area contributed by atoms with Crippen LogP contribution in [0.15, 0.2) is 575 Å². The van der Waals surface area contributed by atoms with Crippen LogP contribution in [0.5, 0.6) is 0 Å². The normalized spacial score (nSPS) is 12.1. The molecule has 4 heterocycles. The molecule has 0 saturated heterocycles. The highest BCUT2D eigenvalue weighted by atomic mass is 16.3. The number of anilines is 9. The van der Waals surface area contributed by atoms with Crippen LogP contribution >= 0.6 is 0 Å². The molecule has 698 valence electrons. The number of aromatic nitrogens is 3. The van der Waals surface area contributed by atoms with Gasteiger partial charge in [-0.25, -0.2) is 0 Å². The van der Waals surface area contributed by atoms with E-state index in [-0.39, 0.29) is 29.9 Å². The Morgan fingerprint density at radius 3 is 0.919 bits per heavy atom. The van der Waals surface area contributed by atoms with Crippen molar-refractivity contribution in [3.05, 3.63) is 570 Å². The zero-order chi connectivity index (χ0) is 103. The van der Waals surface area contributed by atoms with Crippen molar-refractivity contribution in [2.24, 2.45) is 0 Å². The first-order valence-electron chi connectivity index (χ1n) is 53.1. The highest BCUT2D eigenvalue weighted by Gasteiger charge is 2.25. The molecule has 149 heavy (non-hydrogen) atoms. The van der Waals surface area contributed by atoms with Crippen LogP contribution in [0, 0.1) is 0 Å². The lowest BCUT2D eigenvalue weighted by Gasteiger charge is -2.27. The molecular formula is C142H94N6O. The largest absolute Gasteiger partial charge is 0.456 e. The Kier molecular flexibility index (Phi) is 20.2. The lowest BCUT2D eigenvalue weighted by Crippen LogP contribution is -2.10. The van der Waals surface area contributed by atoms with E-state index < -0.39 is 6.04 Å². The predicted molar refractivity (Wildman–Crippen MR) is 633 cm³/mol. The fourth-order valence-electron chi connectivity index (χ4n) is 22.8. The Hall–Kier alpha value is -19.9. The van der Waals surface area contributed by atoms with E-state index in [2.05, 4.69) is 491 Å². The number of benzene rings is 26. The summed E-state index contributed by atoms with van der Waals surface area (Å²) in [4.78, 5) is 6.48. The van der Waals surface area contributed by atoms with E-state index in [1.807, 2.05) is 72.8 Å². The Morgan fingerprint density at radius 2 is 0.477 bits per heavy atom. The van der Waals surface area contributed by atoms with Crippen LogP contribution in [0.3, 0.4) is 0 Å². The van der Waals surface area contributed by atoms with Gasteiger partial charge in [0.05, 0.1) is 45.6 Å². The highest BCUT2D eigenvalue weighted by molar-refractivity contribution is 6.24. The summed E-state index contributed by atoms with van der Waals surface area (Å²) >= 11 is 0. The molecule has 7 nitrogen and oxygen atoms in total. The second kappa shape index (κ2) is 36.8. The average molecular weight is 1910 g/mol. The molecule has 26 aromatic carbocycles.